The van der Waals surface area contributed by atoms with Crippen molar-refractivity contribution >= 4 is 17.4 Å². The number of halogens is 4. The summed E-state index contributed by atoms with van der Waals surface area (Å²) >= 11 is 5.37. The summed E-state index contributed by atoms with van der Waals surface area (Å²) in [5.41, 5.74) is -1.45. The van der Waals surface area contributed by atoms with Gasteiger partial charge in [0.1, 0.15) is 5.75 Å². The van der Waals surface area contributed by atoms with Crippen molar-refractivity contribution in [3.05, 3.63) is 29.3 Å². The maximum atomic E-state index is 12.7. The molecule has 0 saturated heterocycles. The number of hydrogen-bond donors (Lipinski definition) is 0. The molecule has 94 valence electrons. The van der Waals surface area contributed by atoms with Crippen LogP contribution in [-0.4, -0.2) is 18.8 Å². The molecule has 0 aliphatic heterocycles. The Morgan fingerprint density at radius 2 is 2.06 bits per heavy atom. The number of ketones is 1. The third-order valence-corrected chi connectivity index (χ3v) is 2.34. The number of ether oxygens (including phenoxy) is 1. The minimum Gasteiger partial charge on any atom is -0.496 e. The second kappa shape index (κ2) is 5.40. The summed E-state index contributed by atoms with van der Waals surface area (Å²) in [5.74, 6) is -0.798. The Labute approximate surface area is 101 Å². The zero-order valence-electron chi connectivity index (χ0n) is 8.97. The fourth-order valence-corrected chi connectivity index (χ4v) is 1.61. The average Bonchev–Trinajstić information content (AvgIpc) is 2.27. The van der Waals surface area contributed by atoms with Crippen molar-refractivity contribution < 1.29 is 22.7 Å². The molecule has 0 aliphatic rings. The molecule has 0 aliphatic carbocycles. The molecule has 0 saturated carbocycles. The van der Waals surface area contributed by atoms with Gasteiger partial charge in [0.05, 0.1) is 18.2 Å². The fourth-order valence-electron chi connectivity index (χ4n) is 1.44. The maximum absolute atomic E-state index is 12.7. The van der Waals surface area contributed by atoms with Gasteiger partial charge in [-0.3, -0.25) is 4.79 Å². The monoisotopic (exact) mass is 266 g/mol. The molecule has 0 heterocycles. The van der Waals surface area contributed by atoms with E-state index < -0.39 is 23.1 Å². The second-order valence-corrected chi connectivity index (χ2v) is 3.62. The van der Waals surface area contributed by atoms with Gasteiger partial charge in [-0.2, -0.15) is 13.2 Å². The number of alkyl halides is 4. The molecule has 0 fully saturated rings. The van der Waals surface area contributed by atoms with Gasteiger partial charge in [0.25, 0.3) is 0 Å². The van der Waals surface area contributed by atoms with Crippen molar-refractivity contribution in [2.45, 2.75) is 12.6 Å². The normalized spacial score (nSPS) is 11.4. The number of methoxy groups -OCH3 is 1. The van der Waals surface area contributed by atoms with Crippen molar-refractivity contribution in [2.75, 3.05) is 13.0 Å². The van der Waals surface area contributed by atoms with Gasteiger partial charge >= 0.3 is 6.18 Å². The van der Waals surface area contributed by atoms with E-state index in [2.05, 4.69) is 0 Å². The predicted molar refractivity (Wildman–Crippen MR) is 57.7 cm³/mol. The largest absolute Gasteiger partial charge is 0.496 e. The molecule has 17 heavy (non-hydrogen) atoms. The van der Waals surface area contributed by atoms with Crippen LogP contribution < -0.4 is 4.74 Å². The first kappa shape index (κ1) is 13.8. The summed E-state index contributed by atoms with van der Waals surface area (Å²) < 4.78 is 43.0. The molecule has 1 rings (SSSR count). The third kappa shape index (κ3) is 3.12. The van der Waals surface area contributed by atoms with Crippen molar-refractivity contribution in [2.24, 2.45) is 0 Å². The summed E-state index contributed by atoms with van der Waals surface area (Å²) in [6.45, 7) is 0. The Bertz CT molecular complexity index is 416. The topological polar surface area (TPSA) is 26.3 Å². The number of carbonyl (C=O) groups excluding carboxylic acids is 1. The average molecular weight is 267 g/mol. The minimum absolute atomic E-state index is 0.0336. The maximum Gasteiger partial charge on any atom is 0.417 e. The fraction of sp³-hybridized carbons (Fsp3) is 0.364. The summed E-state index contributed by atoms with van der Waals surface area (Å²) in [5, 5.41) is 0. The quantitative estimate of drug-likeness (QED) is 0.616. The Hall–Kier alpha value is -1.23. The molecular formula is C11H10ClF3O2. The minimum atomic E-state index is -4.59. The summed E-state index contributed by atoms with van der Waals surface area (Å²) in [7, 11) is 1.22. The van der Waals surface area contributed by atoms with Crippen LogP contribution in [0.4, 0.5) is 13.2 Å². The van der Waals surface area contributed by atoms with Gasteiger partial charge in [0.15, 0.2) is 5.78 Å². The van der Waals surface area contributed by atoms with Crippen LogP contribution in [0.25, 0.3) is 0 Å². The van der Waals surface area contributed by atoms with E-state index in [9.17, 15) is 18.0 Å². The van der Waals surface area contributed by atoms with Crippen LogP contribution in [0, 0.1) is 0 Å². The van der Waals surface area contributed by atoms with Crippen LogP contribution in [0.2, 0.25) is 0 Å². The van der Waals surface area contributed by atoms with Gasteiger partial charge in [0, 0.05) is 12.3 Å². The van der Waals surface area contributed by atoms with Gasteiger partial charge in [-0.25, -0.2) is 0 Å². The van der Waals surface area contributed by atoms with Crippen LogP contribution in [-0.2, 0) is 6.18 Å². The molecule has 6 heteroatoms. The highest BCUT2D eigenvalue weighted by Gasteiger charge is 2.36. The highest BCUT2D eigenvalue weighted by Crippen LogP contribution is 2.36. The number of Topliss-reactive ketones (excluding diaryl/α,β-unsaturated/α-hetero) is 1. The number of carbonyl (C=O) groups is 1. The highest BCUT2D eigenvalue weighted by atomic mass is 35.5. The van der Waals surface area contributed by atoms with E-state index in [1.165, 1.54) is 19.2 Å². The third-order valence-electron chi connectivity index (χ3n) is 2.15. The lowest BCUT2D eigenvalue weighted by Crippen LogP contribution is -2.14. The molecule has 0 spiro atoms. The first-order valence-electron chi connectivity index (χ1n) is 4.75. The van der Waals surface area contributed by atoms with Crippen LogP contribution in [0.15, 0.2) is 18.2 Å². The van der Waals surface area contributed by atoms with Crippen molar-refractivity contribution in [1.29, 1.82) is 0 Å². The van der Waals surface area contributed by atoms with Gasteiger partial charge < -0.3 is 4.74 Å². The molecule has 0 bridgehead atoms. The number of rotatable bonds is 4. The van der Waals surface area contributed by atoms with E-state index in [-0.39, 0.29) is 18.1 Å². The van der Waals surface area contributed by atoms with Crippen LogP contribution >= 0.6 is 11.6 Å². The van der Waals surface area contributed by atoms with Crippen molar-refractivity contribution in [1.82, 2.24) is 0 Å². The predicted octanol–water partition coefficient (Wildman–Crippen LogP) is 3.53. The standard InChI is InChI=1S/C11H10ClF3O2/c1-17-9-4-2-3-7(11(13,14)15)10(9)8(16)5-6-12/h2-4H,5-6H2,1H3. The molecule has 0 aromatic heterocycles. The second-order valence-electron chi connectivity index (χ2n) is 3.24. The Morgan fingerprint density at radius 3 is 2.53 bits per heavy atom. The molecule has 0 amide bonds. The first-order chi connectivity index (χ1) is 7.91. The van der Waals surface area contributed by atoms with E-state index in [1.54, 1.807) is 0 Å². The molecule has 2 nitrogen and oxygen atoms in total. The van der Waals surface area contributed by atoms with E-state index in [0.717, 1.165) is 6.07 Å². The lowest BCUT2D eigenvalue weighted by atomic mass is 10.0. The van der Waals surface area contributed by atoms with Gasteiger partial charge in [0.2, 0.25) is 0 Å². The van der Waals surface area contributed by atoms with Gasteiger partial charge in [-0.1, -0.05) is 6.07 Å². The zero-order valence-corrected chi connectivity index (χ0v) is 9.73. The van der Waals surface area contributed by atoms with Crippen molar-refractivity contribution in [3.63, 3.8) is 0 Å². The van der Waals surface area contributed by atoms with Crippen LogP contribution in [0.5, 0.6) is 5.75 Å². The van der Waals surface area contributed by atoms with E-state index >= 15 is 0 Å². The highest BCUT2D eigenvalue weighted by molar-refractivity contribution is 6.19. The lowest BCUT2D eigenvalue weighted by molar-refractivity contribution is -0.138. The van der Waals surface area contributed by atoms with Crippen molar-refractivity contribution in [3.8, 4) is 5.75 Å². The van der Waals surface area contributed by atoms with Crippen LogP contribution in [0.1, 0.15) is 22.3 Å². The molecule has 0 atom stereocenters. The smallest absolute Gasteiger partial charge is 0.417 e. The Kier molecular flexibility index (Phi) is 4.40. The summed E-state index contributed by atoms with van der Waals surface area (Å²) in [4.78, 5) is 11.6. The van der Waals surface area contributed by atoms with Gasteiger partial charge in [-0.15, -0.1) is 11.6 Å². The summed E-state index contributed by atoms with van der Waals surface area (Å²) in [6.07, 6.45) is -4.75. The van der Waals surface area contributed by atoms with E-state index in [1.807, 2.05) is 0 Å². The molecular weight excluding hydrogens is 257 g/mol. The van der Waals surface area contributed by atoms with Gasteiger partial charge in [-0.05, 0) is 12.1 Å². The SMILES string of the molecule is COc1cccc(C(F)(F)F)c1C(=O)CCCl. The zero-order chi connectivity index (χ0) is 13.1. The molecule has 0 N–H and O–H groups in total. The molecule has 1 aromatic rings. The number of benzene rings is 1. The number of hydrogen-bond acceptors (Lipinski definition) is 2. The summed E-state index contributed by atoms with van der Waals surface area (Å²) in [6, 6.07) is 3.36. The van der Waals surface area contributed by atoms with E-state index in [0.29, 0.717) is 0 Å². The molecule has 1 aromatic carbocycles. The lowest BCUT2D eigenvalue weighted by Gasteiger charge is -2.14. The van der Waals surface area contributed by atoms with Crippen LogP contribution in [0.3, 0.4) is 0 Å². The Morgan fingerprint density at radius 1 is 1.41 bits per heavy atom. The molecule has 0 unspecified atom stereocenters. The Balaban J connectivity index is 3.36. The van der Waals surface area contributed by atoms with E-state index in [4.69, 9.17) is 16.3 Å². The molecule has 0 radical (unpaired) electrons. The first-order valence-corrected chi connectivity index (χ1v) is 5.28.